The van der Waals surface area contributed by atoms with Crippen molar-refractivity contribution >= 4 is 22.7 Å². The summed E-state index contributed by atoms with van der Waals surface area (Å²) >= 11 is 1.52. The van der Waals surface area contributed by atoms with Crippen LogP contribution < -0.4 is 4.80 Å². The summed E-state index contributed by atoms with van der Waals surface area (Å²) in [5, 5.41) is 7.07. The predicted molar refractivity (Wildman–Crippen MR) is 128 cm³/mol. The summed E-state index contributed by atoms with van der Waals surface area (Å²) < 4.78 is 15.4. The summed E-state index contributed by atoms with van der Waals surface area (Å²) in [5.74, 6) is 0.333. The first-order chi connectivity index (χ1) is 15.8. The third-order valence-corrected chi connectivity index (χ3v) is 6.59. The van der Waals surface area contributed by atoms with Gasteiger partial charge in [-0.25, -0.2) is 14.1 Å². The van der Waals surface area contributed by atoms with Crippen LogP contribution >= 0.6 is 11.3 Å². The molecule has 1 aliphatic carbocycles. The molecule has 0 atom stereocenters. The fraction of sp³-hybridized carbons (Fsp3) is 0.192. The standard InChI is InChI=1S/C26H23FN4S/c27-22-12-8-21(9-13-22)25-18-32-26(29-24-7-4-16-28-17-24)31(25)30-23-14-10-20(11-15-23)19-5-2-1-3-6-19/h1-9,12-13,16-18,20H,10-11,14-15H2. The number of thiazole rings is 1. The van der Waals surface area contributed by atoms with E-state index in [2.05, 4.69) is 35.3 Å². The van der Waals surface area contributed by atoms with Crippen molar-refractivity contribution in [1.29, 1.82) is 0 Å². The summed E-state index contributed by atoms with van der Waals surface area (Å²) in [6.45, 7) is 0. The quantitative estimate of drug-likeness (QED) is 0.354. The van der Waals surface area contributed by atoms with Crippen LogP contribution in [0.5, 0.6) is 0 Å². The molecule has 0 saturated heterocycles. The number of hydrogen-bond acceptors (Lipinski definition) is 4. The van der Waals surface area contributed by atoms with E-state index in [1.165, 1.54) is 34.7 Å². The molecule has 5 rings (SSSR count). The van der Waals surface area contributed by atoms with E-state index >= 15 is 0 Å². The van der Waals surface area contributed by atoms with Crippen LogP contribution in [-0.2, 0) is 0 Å². The van der Waals surface area contributed by atoms with Gasteiger partial charge in [-0.3, -0.25) is 4.98 Å². The first kappa shape index (κ1) is 20.5. The normalized spacial score (nSPS) is 16.8. The molecular formula is C26H23FN4S. The predicted octanol–water partition coefficient (Wildman–Crippen LogP) is 6.55. The zero-order valence-electron chi connectivity index (χ0n) is 17.6. The van der Waals surface area contributed by atoms with Gasteiger partial charge in [0.25, 0.3) is 0 Å². The Balaban J connectivity index is 1.49. The summed E-state index contributed by atoms with van der Waals surface area (Å²) in [7, 11) is 0. The van der Waals surface area contributed by atoms with Crippen molar-refractivity contribution in [2.45, 2.75) is 31.6 Å². The van der Waals surface area contributed by atoms with Crippen LogP contribution in [-0.4, -0.2) is 15.4 Å². The Morgan fingerprint density at radius 2 is 1.72 bits per heavy atom. The molecular weight excluding hydrogens is 419 g/mol. The number of aromatic nitrogens is 2. The van der Waals surface area contributed by atoms with Gasteiger partial charge >= 0.3 is 0 Å². The second kappa shape index (κ2) is 9.40. The molecule has 4 nitrogen and oxygen atoms in total. The van der Waals surface area contributed by atoms with E-state index < -0.39 is 0 Å². The van der Waals surface area contributed by atoms with E-state index in [9.17, 15) is 4.39 Å². The molecule has 1 fully saturated rings. The molecule has 6 heteroatoms. The highest BCUT2D eigenvalue weighted by atomic mass is 32.1. The van der Waals surface area contributed by atoms with Gasteiger partial charge < -0.3 is 0 Å². The average Bonchev–Trinajstić information content (AvgIpc) is 3.23. The van der Waals surface area contributed by atoms with E-state index in [0.29, 0.717) is 5.92 Å². The number of benzene rings is 2. The van der Waals surface area contributed by atoms with Gasteiger partial charge in [-0.15, -0.1) is 11.3 Å². The SMILES string of the molecule is Fc1ccc(-c2csc(=Nc3cccnc3)n2N=C2CCC(c3ccccc3)CC2)cc1. The van der Waals surface area contributed by atoms with Gasteiger partial charge in [0.2, 0.25) is 4.80 Å². The van der Waals surface area contributed by atoms with Crippen LogP contribution in [0.15, 0.2) is 94.6 Å². The van der Waals surface area contributed by atoms with E-state index in [1.807, 2.05) is 22.2 Å². The molecule has 0 unspecified atom stereocenters. The Hall–Kier alpha value is -3.38. The molecule has 1 aliphatic rings. The first-order valence-electron chi connectivity index (χ1n) is 10.8. The van der Waals surface area contributed by atoms with Crippen molar-refractivity contribution in [2.24, 2.45) is 10.1 Å². The number of pyridine rings is 1. The molecule has 32 heavy (non-hydrogen) atoms. The number of rotatable bonds is 4. The largest absolute Gasteiger partial charge is 0.262 e. The molecule has 0 spiro atoms. The van der Waals surface area contributed by atoms with Crippen molar-refractivity contribution < 1.29 is 4.39 Å². The molecule has 4 aromatic rings. The molecule has 1 saturated carbocycles. The molecule has 0 aliphatic heterocycles. The Kier molecular flexibility index (Phi) is 6.03. The van der Waals surface area contributed by atoms with E-state index in [-0.39, 0.29) is 5.82 Å². The highest BCUT2D eigenvalue weighted by Crippen LogP contribution is 2.32. The molecule has 160 valence electrons. The summed E-state index contributed by atoms with van der Waals surface area (Å²) in [6.07, 6.45) is 7.56. The van der Waals surface area contributed by atoms with Gasteiger partial charge in [0.15, 0.2) is 0 Å². The topological polar surface area (TPSA) is 42.5 Å². The van der Waals surface area contributed by atoms with Crippen LogP contribution in [0, 0.1) is 5.82 Å². The summed E-state index contributed by atoms with van der Waals surface area (Å²) in [4.78, 5) is 9.71. The smallest absolute Gasteiger partial charge is 0.211 e. The number of halogens is 1. The minimum Gasteiger partial charge on any atom is -0.262 e. The molecule has 0 N–H and O–H groups in total. The first-order valence-corrected chi connectivity index (χ1v) is 11.7. The molecule has 2 aromatic carbocycles. The van der Waals surface area contributed by atoms with Crippen molar-refractivity contribution in [1.82, 2.24) is 9.66 Å². The lowest BCUT2D eigenvalue weighted by atomic mass is 9.83. The van der Waals surface area contributed by atoms with E-state index in [0.717, 1.165) is 47.4 Å². The molecule has 2 aromatic heterocycles. The van der Waals surface area contributed by atoms with Crippen LogP contribution in [0.2, 0.25) is 0 Å². The zero-order chi connectivity index (χ0) is 21.8. The van der Waals surface area contributed by atoms with Crippen LogP contribution in [0.3, 0.4) is 0 Å². The molecule has 0 amide bonds. The fourth-order valence-corrected chi connectivity index (χ4v) is 4.92. The lowest BCUT2D eigenvalue weighted by molar-refractivity contribution is 0.562. The highest BCUT2D eigenvalue weighted by Gasteiger charge is 2.20. The van der Waals surface area contributed by atoms with Crippen molar-refractivity contribution in [3.63, 3.8) is 0 Å². The fourth-order valence-electron chi connectivity index (χ4n) is 4.07. The van der Waals surface area contributed by atoms with Gasteiger partial charge in [0.05, 0.1) is 17.6 Å². The second-order valence-electron chi connectivity index (χ2n) is 7.90. The van der Waals surface area contributed by atoms with Gasteiger partial charge in [-0.1, -0.05) is 30.3 Å². The lowest BCUT2D eigenvalue weighted by Crippen LogP contribution is -2.18. The number of nitrogens with zero attached hydrogens (tertiary/aromatic N) is 4. The lowest BCUT2D eigenvalue weighted by Gasteiger charge is -2.23. The van der Waals surface area contributed by atoms with Gasteiger partial charge in [0, 0.05) is 22.9 Å². The van der Waals surface area contributed by atoms with Gasteiger partial charge in [0.1, 0.15) is 5.82 Å². The van der Waals surface area contributed by atoms with Crippen LogP contribution in [0.4, 0.5) is 10.1 Å². The monoisotopic (exact) mass is 442 g/mol. The maximum atomic E-state index is 13.5. The summed E-state index contributed by atoms with van der Waals surface area (Å²) in [6, 6.07) is 21.1. The molecule has 0 radical (unpaired) electrons. The Morgan fingerprint density at radius 1 is 0.938 bits per heavy atom. The Bertz CT molecular complexity index is 1260. The minimum absolute atomic E-state index is 0.249. The van der Waals surface area contributed by atoms with Gasteiger partial charge in [-0.2, -0.15) is 5.10 Å². The van der Waals surface area contributed by atoms with Crippen LogP contribution in [0.25, 0.3) is 11.3 Å². The molecule has 0 bridgehead atoms. The average molecular weight is 443 g/mol. The van der Waals surface area contributed by atoms with E-state index in [4.69, 9.17) is 10.1 Å². The summed E-state index contributed by atoms with van der Waals surface area (Å²) in [5.41, 5.74) is 5.19. The zero-order valence-corrected chi connectivity index (χ0v) is 18.4. The van der Waals surface area contributed by atoms with Crippen molar-refractivity contribution in [3.05, 3.63) is 101 Å². The van der Waals surface area contributed by atoms with Crippen molar-refractivity contribution in [3.8, 4) is 11.3 Å². The van der Waals surface area contributed by atoms with Crippen LogP contribution in [0.1, 0.15) is 37.2 Å². The van der Waals surface area contributed by atoms with Crippen molar-refractivity contribution in [2.75, 3.05) is 0 Å². The number of hydrogen-bond donors (Lipinski definition) is 0. The second-order valence-corrected chi connectivity index (χ2v) is 8.73. The Morgan fingerprint density at radius 3 is 2.44 bits per heavy atom. The Labute approximate surface area is 190 Å². The third-order valence-electron chi connectivity index (χ3n) is 5.77. The maximum Gasteiger partial charge on any atom is 0.211 e. The third kappa shape index (κ3) is 4.60. The highest BCUT2D eigenvalue weighted by molar-refractivity contribution is 7.07. The molecule has 2 heterocycles. The van der Waals surface area contributed by atoms with E-state index in [1.54, 1.807) is 24.5 Å². The minimum atomic E-state index is -0.249. The maximum absolute atomic E-state index is 13.5. The van der Waals surface area contributed by atoms with Gasteiger partial charge in [-0.05, 0) is 73.6 Å².